The quantitative estimate of drug-likeness (QED) is 0.898. The number of carbonyl (C=O) groups is 1. The monoisotopic (exact) mass is 302 g/mol. The standard InChI is InChI=1S/C14H19FN2O2.ClH/c15-12-3-1-2-4-13(12)17-14(18)9-19-11-7-5-10(16)6-8-11;/h1-4,10-11H,5-9,16H2,(H,17,18);1H. The van der Waals surface area contributed by atoms with E-state index in [9.17, 15) is 9.18 Å². The first-order valence-electron chi connectivity index (χ1n) is 6.56. The first-order chi connectivity index (χ1) is 9.15. The van der Waals surface area contributed by atoms with Crippen molar-refractivity contribution < 1.29 is 13.9 Å². The molecule has 0 saturated heterocycles. The van der Waals surface area contributed by atoms with E-state index in [0.717, 1.165) is 25.7 Å². The minimum absolute atomic E-state index is 0. The molecule has 1 fully saturated rings. The zero-order chi connectivity index (χ0) is 13.7. The molecule has 1 aliphatic carbocycles. The minimum Gasteiger partial charge on any atom is -0.368 e. The summed E-state index contributed by atoms with van der Waals surface area (Å²) in [5, 5.41) is 2.49. The Kier molecular flexibility index (Phi) is 6.91. The molecule has 0 atom stereocenters. The van der Waals surface area contributed by atoms with E-state index in [1.165, 1.54) is 12.1 Å². The van der Waals surface area contributed by atoms with E-state index in [0.29, 0.717) is 0 Å². The van der Waals surface area contributed by atoms with Crippen molar-refractivity contribution in [1.82, 2.24) is 0 Å². The fraction of sp³-hybridized carbons (Fsp3) is 0.500. The highest BCUT2D eigenvalue weighted by Crippen LogP contribution is 2.19. The average Bonchev–Trinajstić information content (AvgIpc) is 2.41. The molecule has 1 saturated carbocycles. The van der Waals surface area contributed by atoms with E-state index in [-0.39, 0.29) is 42.8 Å². The van der Waals surface area contributed by atoms with Crippen molar-refractivity contribution in [2.75, 3.05) is 11.9 Å². The number of carbonyl (C=O) groups excluding carboxylic acids is 1. The Hall–Kier alpha value is -1.17. The number of nitrogens with one attached hydrogen (secondary N) is 1. The lowest BCUT2D eigenvalue weighted by Gasteiger charge is -2.25. The lowest BCUT2D eigenvalue weighted by Crippen LogP contribution is -2.32. The maximum atomic E-state index is 13.3. The molecule has 6 heteroatoms. The van der Waals surface area contributed by atoms with Crippen LogP contribution in [0.2, 0.25) is 0 Å². The summed E-state index contributed by atoms with van der Waals surface area (Å²) in [6.07, 6.45) is 3.72. The highest BCUT2D eigenvalue weighted by molar-refractivity contribution is 5.91. The molecule has 0 aliphatic heterocycles. The van der Waals surface area contributed by atoms with E-state index in [1.807, 2.05) is 0 Å². The van der Waals surface area contributed by atoms with Gasteiger partial charge in [0.15, 0.2) is 0 Å². The third kappa shape index (κ3) is 5.07. The fourth-order valence-corrected chi connectivity index (χ4v) is 2.20. The smallest absolute Gasteiger partial charge is 0.250 e. The fourth-order valence-electron chi connectivity index (χ4n) is 2.20. The van der Waals surface area contributed by atoms with Gasteiger partial charge < -0.3 is 15.8 Å². The lowest BCUT2D eigenvalue weighted by molar-refractivity contribution is -0.123. The SMILES string of the molecule is Cl.NC1CCC(OCC(=O)Nc2ccccc2F)CC1. The molecule has 1 amide bonds. The van der Waals surface area contributed by atoms with Crippen LogP contribution in [-0.2, 0) is 9.53 Å². The van der Waals surface area contributed by atoms with Crippen molar-refractivity contribution in [3.8, 4) is 0 Å². The Morgan fingerprint density at radius 2 is 1.95 bits per heavy atom. The van der Waals surface area contributed by atoms with E-state index < -0.39 is 5.82 Å². The van der Waals surface area contributed by atoms with Gasteiger partial charge >= 0.3 is 0 Å². The second-order valence-electron chi connectivity index (χ2n) is 4.88. The summed E-state index contributed by atoms with van der Waals surface area (Å²) >= 11 is 0. The highest BCUT2D eigenvalue weighted by atomic mass is 35.5. The van der Waals surface area contributed by atoms with Crippen molar-refractivity contribution in [3.05, 3.63) is 30.1 Å². The van der Waals surface area contributed by atoms with E-state index >= 15 is 0 Å². The topological polar surface area (TPSA) is 64.3 Å². The first-order valence-corrected chi connectivity index (χ1v) is 6.56. The molecular formula is C14H20ClFN2O2. The van der Waals surface area contributed by atoms with Gasteiger partial charge in [0, 0.05) is 6.04 Å². The van der Waals surface area contributed by atoms with Crippen LogP contribution in [0.4, 0.5) is 10.1 Å². The van der Waals surface area contributed by atoms with Crippen molar-refractivity contribution in [1.29, 1.82) is 0 Å². The maximum absolute atomic E-state index is 13.3. The van der Waals surface area contributed by atoms with E-state index in [2.05, 4.69) is 5.32 Å². The molecule has 1 aromatic carbocycles. The predicted octanol–water partition coefficient (Wildman–Crippen LogP) is 2.47. The summed E-state index contributed by atoms with van der Waals surface area (Å²) in [6.45, 7) is -0.0474. The molecule has 2 rings (SSSR count). The van der Waals surface area contributed by atoms with Crippen LogP contribution in [0.5, 0.6) is 0 Å². The first kappa shape index (κ1) is 16.9. The maximum Gasteiger partial charge on any atom is 0.250 e. The number of amides is 1. The Morgan fingerprint density at radius 1 is 1.30 bits per heavy atom. The van der Waals surface area contributed by atoms with Crippen LogP contribution in [0.15, 0.2) is 24.3 Å². The molecular weight excluding hydrogens is 283 g/mol. The van der Waals surface area contributed by atoms with Gasteiger partial charge in [-0.1, -0.05) is 12.1 Å². The molecule has 0 unspecified atom stereocenters. The number of anilines is 1. The number of nitrogens with two attached hydrogens (primary N) is 1. The molecule has 4 nitrogen and oxygen atoms in total. The molecule has 20 heavy (non-hydrogen) atoms. The van der Waals surface area contributed by atoms with E-state index in [1.54, 1.807) is 12.1 Å². The van der Waals surface area contributed by atoms with Crippen LogP contribution in [0.1, 0.15) is 25.7 Å². The van der Waals surface area contributed by atoms with Gasteiger partial charge in [-0.3, -0.25) is 4.79 Å². The van der Waals surface area contributed by atoms with Crippen LogP contribution >= 0.6 is 12.4 Å². The number of benzene rings is 1. The average molecular weight is 303 g/mol. The summed E-state index contributed by atoms with van der Waals surface area (Å²) in [4.78, 5) is 11.6. The molecule has 3 N–H and O–H groups in total. The van der Waals surface area contributed by atoms with Crippen LogP contribution < -0.4 is 11.1 Å². The normalized spacial score (nSPS) is 21.9. The van der Waals surface area contributed by atoms with Gasteiger partial charge in [0.2, 0.25) is 5.91 Å². The second-order valence-corrected chi connectivity index (χ2v) is 4.88. The predicted molar refractivity (Wildman–Crippen MR) is 78.5 cm³/mol. The third-order valence-corrected chi connectivity index (χ3v) is 3.32. The van der Waals surface area contributed by atoms with Crippen molar-refractivity contribution in [2.45, 2.75) is 37.8 Å². The molecule has 0 heterocycles. The Balaban J connectivity index is 0.00000200. The molecule has 0 radical (unpaired) electrons. The van der Waals surface area contributed by atoms with Crippen molar-refractivity contribution >= 4 is 24.0 Å². The van der Waals surface area contributed by atoms with Crippen molar-refractivity contribution in [2.24, 2.45) is 5.73 Å². The summed E-state index contributed by atoms with van der Waals surface area (Å²) in [6, 6.07) is 6.33. The van der Waals surface area contributed by atoms with Crippen molar-refractivity contribution in [3.63, 3.8) is 0 Å². The Labute approximate surface area is 124 Å². The van der Waals surface area contributed by atoms with Gasteiger partial charge in [-0.05, 0) is 37.8 Å². The van der Waals surface area contributed by atoms with Gasteiger partial charge in [-0.2, -0.15) is 0 Å². The number of rotatable bonds is 4. The third-order valence-electron chi connectivity index (χ3n) is 3.32. The van der Waals surface area contributed by atoms with Crippen LogP contribution in [-0.4, -0.2) is 24.7 Å². The van der Waals surface area contributed by atoms with Crippen LogP contribution in [0.3, 0.4) is 0 Å². The molecule has 1 aliphatic rings. The van der Waals surface area contributed by atoms with E-state index in [4.69, 9.17) is 10.5 Å². The second kappa shape index (κ2) is 8.19. The van der Waals surface area contributed by atoms with Gasteiger partial charge in [-0.25, -0.2) is 4.39 Å². The number of halogens is 2. The minimum atomic E-state index is -0.445. The summed E-state index contributed by atoms with van der Waals surface area (Å²) in [5.41, 5.74) is 5.98. The highest BCUT2D eigenvalue weighted by Gasteiger charge is 2.19. The summed E-state index contributed by atoms with van der Waals surface area (Å²) in [7, 11) is 0. The van der Waals surface area contributed by atoms with Gasteiger partial charge in [-0.15, -0.1) is 12.4 Å². The summed E-state index contributed by atoms with van der Waals surface area (Å²) in [5.74, 6) is -0.778. The van der Waals surface area contributed by atoms with Gasteiger partial charge in [0.05, 0.1) is 11.8 Å². The zero-order valence-corrected chi connectivity index (χ0v) is 12.0. The zero-order valence-electron chi connectivity index (χ0n) is 11.2. The number of para-hydroxylation sites is 1. The number of hydrogen-bond donors (Lipinski definition) is 2. The Bertz CT molecular complexity index is 437. The van der Waals surface area contributed by atoms with Crippen LogP contribution in [0, 0.1) is 5.82 Å². The summed E-state index contributed by atoms with van der Waals surface area (Å²) < 4.78 is 18.8. The number of hydrogen-bond acceptors (Lipinski definition) is 3. The molecule has 112 valence electrons. The molecule has 0 spiro atoms. The molecule has 1 aromatic rings. The molecule has 0 aromatic heterocycles. The van der Waals surface area contributed by atoms with Gasteiger partial charge in [0.25, 0.3) is 0 Å². The molecule has 0 bridgehead atoms. The number of ether oxygens (including phenoxy) is 1. The van der Waals surface area contributed by atoms with Crippen LogP contribution in [0.25, 0.3) is 0 Å². The van der Waals surface area contributed by atoms with Gasteiger partial charge in [0.1, 0.15) is 12.4 Å². The Morgan fingerprint density at radius 3 is 2.60 bits per heavy atom. The lowest BCUT2D eigenvalue weighted by atomic mass is 9.94. The largest absolute Gasteiger partial charge is 0.368 e.